The minimum Gasteiger partial charge on any atom is -0.376 e. The van der Waals surface area contributed by atoms with Gasteiger partial charge in [0.1, 0.15) is 0 Å². The number of hydrogen-bond donors (Lipinski definition) is 1. The van der Waals surface area contributed by atoms with Crippen molar-refractivity contribution in [2.45, 2.75) is 39.8 Å². The molecule has 1 aromatic heterocycles. The van der Waals surface area contributed by atoms with Gasteiger partial charge in [-0.25, -0.2) is 0 Å². The monoisotopic (exact) mass is 227 g/mol. The maximum Gasteiger partial charge on any atom is 0.0815 e. The summed E-state index contributed by atoms with van der Waals surface area (Å²) in [7, 11) is 0. The van der Waals surface area contributed by atoms with Crippen molar-refractivity contribution in [3.05, 3.63) is 22.4 Å². The first kappa shape index (κ1) is 12.7. The highest BCUT2D eigenvalue weighted by Gasteiger charge is 2.31. The van der Waals surface area contributed by atoms with Crippen molar-refractivity contribution >= 4 is 11.3 Å². The van der Waals surface area contributed by atoms with Gasteiger partial charge in [-0.15, -0.1) is 0 Å². The van der Waals surface area contributed by atoms with Gasteiger partial charge in [-0.3, -0.25) is 0 Å². The third kappa shape index (κ3) is 3.30. The van der Waals surface area contributed by atoms with Gasteiger partial charge >= 0.3 is 0 Å². The van der Waals surface area contributed by atoms with E-state index in [-0.39, 0.29) is 17.6 Å². The molecule has 1 aromatic rings. The lowest BCUT2D eigenvalue weighted by molar-refractivity contribution is -0.0282. The van der Waals surface area contributed by atoms with Crippen molar-refractivity contribution in [3.8, 4) is 0 Å². The van der Waals surface area contributed by atoms with Gasteiger partial charge in [-0.2, -0.15) is 11.3 Å². The van der Waals surface area contributed by atoms with Gasteiger partial charge in [-0.05, 0) is 34.7 Å². The van der Waals surface area contributed by atoms with Crippen molar-refractivity contribution in [2.24, 2.45) is 11.1 Å². The Morgan fingerprint density at radius 3 is 2.53 bits per heavy atom. The first-order valence-corrected chi connectivity index (χ1v) is 6.30. The SMILES string of the molecule is CCOC(C(N)c1ccsc1)C(C)(C)C. The predicted octanol–water partition coefficient (Wildman–Crippen LogP) is 3.20. The maximum absolute atomic E-state index is 6.24. The lowest BCUT2D eigenvalue weighted by atomic mass is 9.83. The molecule has 0 aliphatic rings. The van der Waals surface area contributed by atoms with Gasteiger partial charge in [-0.1, -0.05) is 20.8 Å². The van der Waals surface area contributed by atoms with Crippen LogP contribution >= 0.6 is 11.3 Å². The average molecular weight is 227 g/mol. The molecular weight excluding hydrogens is 206 g/mol. The highest BCUT2D eigenvalue weighted by atomic mass is 32.1. The van der Waals surface area contributed by atoms with E-state index in [1.165, 1.54) is 5.56 Å². The van der Waals surface area contributed by atoms with E-state index in [2.05, 4.69) is 37.6 Å². The quantitative estimate of drug-likeness (QED) is 0.857. The topological polar surface area (TPSA) is 35.2 Å². The third-order valence-corrected chi connectivity index (χ3v) is 3.16. The lowest BCUT2D eigenvalue weighted by Crippen LogP contribution is -2.39. The number of ether oxygens (including phenoxy) is 1. The second-order valence-corrected chi connectivity index (χ2v) is 5.60. The Morgan fingerprint density at radius 2 is 2.13 bits per heavy atom. The fraction of sp³-hybridized carbons (Fsp3) is 0.667. The molecule has 2 N–H and O–H groups in total. The fourth-order valence-electron chi connectivity index (χ4n) is 1.71. The molecular formula is C12H21NOS. The Kier molecular flexibility index (Phi) is 4.32. The first-order valence-electron chi connectivity index (χ1n) is 5.36. The van der Waals surface area contributed by atoms with E-state index in [1.807, 2.05) is 6.92 Å². The van der Waals surface area contributed by atoms with E-state index in [9.17, 15) is 0 Å². The number of thiophene rings is 1. The number of nitrogens with two attached hydrogens (primary N) is 1. The van der Waals surface area contributed by atoms with Gasteiger partial charge in [0.2, 0.25) is 0 Å². The Bertz CT molecular complexity index is 276. The fourth-order valence-corrected chi connectivity index (χ4v) is 2.42. The summed E-state index contributed by atoms with van der Waals surface area (Å²) >= 11 is 1.68. The van der Waals surface area contributed by atoms with Crippen molar-refractivity contribution in [1.29, 1.82) is 0 Å². The molecule has 1 rings (SSSR count). The maximum atomic E-state index is 6.24. The predicted molar refractivity (Wildman–Crippen MR) is 66.1 cm³/mol. The molecule has 0 aliphatic heterocycles. The van der Waals surface area contributed by atoms with Crippen LogP contribution in [0.3, 0.4) is 0 Å². The summed E-state index contributed by atoms with van der Waals surface area (Å²) < 4.78 is 5.77. The van der Waals surface area contributed by atoms with Crippen molar-refractivity contribution in [1.82, 2.24) is 0 Å². The molecule has 0 spiro atoms. The zero-order valence-corrected chi connectivity index (χ0v) is 10.8. The Hall–Kier alpha value is -0.380. The molecule has 0 saturated carbocycles. The van der Waals surface area contributed by atoms with Crippen LogP contribution in [0.15, 0.2) is 16.8 Å². The minimum atomic E-state index is -0.0313. The molecule has 0 radical (unpaired) electrons. The first-order chi connectivity index (χ1) is 6.96. The van der Waals surface area contributed by atoms with Crippen molar-refractivity contribution in [3.63, 3.8) is 0 Å². The van der Waals surface area contributed by atoms with E-state index < -0.39 is 0 Å². The summed E-state index contributed by atoms with van der Waals surface area (Å²) in [6.45, 7) is 9.22. The summed E-state index contributed by atoms with van der Waals surface area (Å²) in [5.74, 6) is 0. The van der Waals surface area contributed by atoms with Crippen LogP contribution in [0, 0.1) is 5.41 Å². The molecule has 86 valence electrons. The van der Waals surface area contributed by atoms with Crippen LogP contribution in [0.2, 0.25) is 0 Å². The molecule has 15 heavy (non-hydrogen) atoms. The molecule has 2 atom stereocenters. The average Bonchev–Trinajstić information content (AvgIpc) is 2.63. The van der Waals surface area contributed by atoms with E-state index in [0.29, 0.717) is 6.61 Å². The van der Waals surface area contributed by atoms with Crippen molar-refractivity contribution in [2.75, 3.05) is 6.61 Å². The van der Waals surface area contributed by atoms with E-state index in [0.717, 1.165) is 0 Å². The molecule has 0 saturated heterocycles. The molecule has 0 bridgehead atoms. The van der Waals surface area contributed by atoms with Crippen LogP contribution in [0.25, 0.3) is 0 Å². The van der Waals surface area contributed by atoms with Gasteiger partial charge in [0.25, 0.3) is 0 Å². The van der Waals surface area contributed by atoms with Crippen LogP contribution in [-0.2, 0) is 4.74 Å². The summed E-state index contributed by atoms with van der Waals surface area (Å²) in [5.41, 5.74) is 7.48. The zero-order valence-electron chi connectivity index (χ0n) is 9.99. The molecule has 0 fully saturated rings. The van der Waals surface area contributed by atoms with Gasteiger partial charge < -0.3 is 10.5 Å². The Balaban J connectivity index is 2.81. The van der Waals surface area contributed by atoms with E-state index >= 15 is 0 Å². The summed E-state index contributed by atoms with van der Waals surface area (Å²) in [4.78, 5) is 0. The summed E-state index contributed by atoms with van der Waals surface area (Å²) in [6, 6.07) is 2.05. The third-order valence-electron chi connectivity index (χ3n) is 2.45. The van der Waals surface area contributed by atoms with Crippen molar-refractivity contribution < 1.29 is 4.74 Å². The molecule has 1 heterocycles. The smallest absolute Gasteiger partial charge is 0.0815 e. The molecule has 2 nitrogen and oxygen atoms in total. The molecule has 0 amide bonds. The summed E-state index contributed by atoms with van der Waals surface area (Å²) in [6.07, 6.45) is 0.0668. The van der Waals surface area contributed by atoms with Crippen LogP contribution in [0.5, 0.6) is 0 Å². The van der Waals surface area contributed by atoms with Gasteiger partial charge in [0, 0.05) is 6.61 Å². The second-order valence-electron chi connectivity index (χ2n) is 4.82. The molecule has 0 aliphatic carbocycles. The molecule has 2 unspecified atom stereocenters. The second kappa shape index (κ2) is 5.10. The Labute approximate surface area is 96.4 Å². The highest BCUT2D eigenvalue weighted by Crippen LogP contribution is 2.32. The molecule has 0 aromatic carbocycles. The van der Waals surface area contributed by atoms with Crippen LogP contribution in [0.1, 0.15) is 39.3 Å². The van der Waals surface area contributed by atoms with Gasteiger partial charge in [0.15, 0.2) is 0 Å². The van der Waals surface area contributed by atoms with Gasteiger partial charge in [0.05, 0.1) is 12.1 Å². The zero-order chi connectivity index (χ0) is 11.5. The van der Waals surface area contributed by atoms with Crippen LogP contribution in [0.4, 0.5) is 0 Å². The van der Waals surface area contributed by atoms with E-state index in [1.54, 1.807) is 11.3 Å². The van der Waals surface area contributed by atoms with Crippen LogP contribution in [-0.4, -0.2) is 12.7 Å². The normalized spacial score (nSPS) is 16.3. The summed E-state index contributed by atoms with van der Waals surface area (Å²) in [5, 5.41) is 4.16. The highest BCUT2D eigenvalue weighted by molar-refractivity contribution is 7.07. The number of rotatable bonds is 4. The van der Waals surface area contributed by atoms with Crippen LogP contribution < -0.4 is 5.73 Å². The standard InChI is InChI=1S/C12H21NOS/c1-5-14-11(12(2,3)4)10(13)9-6-7-15-8-9/h6-8,10-11H,5,13H2,1-4H3. The minimum absolute atomic E-state index is 0.0313. The largest absolute Gasteiger partial charge is 0.376 e. The van der Waals surface area contributed by atoms with E-state index in [4.69, 9.17) is 10.5 Å². The Morgan fingerprint density at radius 1 is 1.47 bits per heavy atom. The lowest BCUT2D eigenvalue weighted by Gasteiger charge is -2.34. The molecule has 3 heteroatoms. The number of hydrogen-bond acceptors (Lipinski definition) is 3.